The lowest BCUT2D eigenvalue weighted by molar-refractivity contribution is 0.259. The van der Waals surface area contributed by atoms with Gasteiger partial charge in [0.05, 0.1) is 14.8 Å². The van der Waals surface area contributed by atoms with E-state index in [1.165, 1.54) is 34.0 Å². The minimum Gasteiger partial charge on any atom is -0.411 e. The van der Waals surface area contributed by atoms with Crippen LogP contribution in [0, 0.1) is 13.8 Å². The molecule has 0 atom stereocenters. The van der Waals surface area contributed by atoms with Gasteiger partial charge in [-0.15, -0.1) is 23.1 Å². The van der Waals surface area contributed by atoms with Crippen molar-refractivity contribution in [2.45, 2.75) is 31.4 Å². The lowest BCUT2D eigenvalue weighted by Gasteiger charge is -2.37. The van der Waals surface area contributed by atoms with E-state index in [9.17, 15) is 0 Å². The van der Waals surface area contributed by atoms with Crippen LogP contribution >= 0.6 is 23.1 Å². The van der Waals surface area contributed by atoms with Gasteiger partial charge in [0, 0.05) is 37.6 Å². The van der Waals surface area contributed by atoms with Crippen molar-refractivity contribution in [1.82, 2.24) is 4.90 Å². The average molecular weight is 404 g/mol. The summed E-state index contributed by atoms with van der Waals surface area (Å²) in [6.07, 6.45) is 1.20. The lowest BCUT2D eigenvalue weighted by atomic mass is 10.1. The van der Waals surface area contributed by atoms with E-state index in [0.717, 1.165) is 36.8 Å². The van der Waals surface area contributed by atoms with Crippen LogP contribution in [0.4, 0.5) is 5.69 Å². The number of piperazine rings is 1. The Hall–Kier alpha value is -1.50. The Bertz CT molecular complexity index is 779. The normalized spacial score (nSPS) is 16.1. The Kier molecular flexibility index (Phi) is 7.21. The summed E-state index contributed by atoms with van der Waals surface area (Å²) < 4.78 is 1.30. The second kappa shape index (κ2) is 9.62. The fourth-order valence-corrected chi connectivity index (χ4v) is 5.46. The van der Waals surface area contributed by atoms with E-state index in [0.29, 0.717) is 5.71 Å². The molecule has 0 saturated carbocycles. The van der Waals surface area contributed by atoms with Gasteiger partial charge in [0.1, 0.15) is 0 Å². The number of thioether (sulfide) groups is 1. The zero-order valence-electron chi connectivity index (χ0n) is 16.4. The Morgan fingerprint density at radius 3 is 2.67 bits per heavy atom. The van der Waals surface area contributed by atoms with Gasteiger partial charge < -0.3 is 10.1 Å². The first-order chi connectivity index (χ1) is 13.1. The van der Waals surface area contributed by atoms with Crippen LogP contribution in [-0.4, -0.2) is 54.3 Å². The predicted octanol–water partition coefficient (Wildman–Crippen LogP) is 4.87. The molecule has 6 heteroatoms. The molecule has 0 amide bonds. The minimum absolute atomic E-state index is 0.688. The Morgan fingerprint density at radius 1 is 1.15 bits per heavy atom. The second-order valence-corrected chi connectivity index (χ2v) is 9.53. The molecule has 0 spiro atoms. The SMILES string of the molecule is CC(=NO)c1ccc(SCCCN2CCN(c3cccc(C)c3C)CC2)s1. The summed E-state index contributed by atoms with van der Waals surface area (Å²) in [5.74, 6) is 1.13. The van der Waals surface area contributed by atoms with E-state index in [1.807, 2.05) is 24.8 Å². The van der Waals surface area contributed by atoms with E-state index in [4.69, 9.17) is 5.21 Å². The fraction of sp³-hybridized carbons (Fsp3) is 0.476. The molecule has 4 nitrogen and oxygen atoms in total. The molecule has 0 radical (unpaired) electrons. The highest BCUT2D eigenvalue weighted by Gasteiger charge is 2.18. The molecule has 1 fully saturated rings. The maximum Gasteiger partial charge on any atom is 0.0936 e. The number of aryl methyl sites for hydroxylation is 1. The number of anilines is 1. The average Bonchev–Trinajstić information content (AvgIpc) is 3.16. The number of rotatable bonds is 7. The van der Waals surface area contributed by atoms with Crippen LogP contribution in [0.15, 0.2) is 39.7 Å². The van der Waals surface area contributed by atoms with Crippen LogP contribution in [0.1, 0.15) is 29.3 Å². The first kappa shape index (κ1) is 20.2. The van der Waals surface area contributed by atoms with E-state index in [1.54, 1.807) is 11.3 Å². The second-order valence-electron chi connectivity index (χ2n) is 7.05. The van der Waals surface area contributed by atoms with E-state index in [2.05, 4.69) is 53.1 Å². The Morgan fingerprint density at radius 2 is 1.93 bits per heavy atom. The molecule has 146 valence electrons. The van der Waals surface area contributed by atoms with Crippen LogP contribution in [0.5, 0.6) is 0 Å². The maximum absolute atomic E-state index is 8.85. The first-order valence-corrected chi connectivity index (χ1v) is 11.3. The third kappa shape index (κ3) is 5.27. The summed E-state index contributed by atoms with van der Waals surface area (Å²) in [4.78, 5) is 6.17. The van der Waals surface area contributed by atoms with Gasteiger partial charge in [-0.2, -0.15) is 0 Å². The van der Waals surface area contributed by atoms with Crippen LogP contribution < -0.4 is 4.90 Å². The summed E-state index contributed by atoms with van der Waals surface area (Å²) in [6.45, 7) is 12.0. The van der Waals surface area contributed by atoms with Gasteiger partial charge in [-0.25, -0.2) is 0 Å². The molecule has 0 aliphatic carbocycles. The molecule has 2 heterocycles. The standard InChI is InChI=1S/C21H29N3OS2/c1-16-6-4-7-19(17(16)2)24-13-11-23(12-14-24)10-5-15-26-21-9-8-20(27-21)18(3)22-25/h4,6-9,25H,5,10-15H2,1-3H3. The van der Waals surface area contributed by atoms with Gasteiger partial charge in [-0.05, 0) is 63.1 Å². The topological polar surface area (TPSA) is 39.1 Å². The molecule has 1 aromatic carbocycles. The fourth-order valence-electron chi connectivity index (χ4n) is 3.39. The summed E-state index contributed by atoms with van der Waals surface area (Å²) in [7, 11) is 0. The highest BCUT2D eigenvalue weighted by molar-refractivity contribution is 8.01. The van der Waals surface area contributed by atoms with Crippen molar-refractivity contribution in [2.24, 2.45) is 5.16 Å². The van der Waals surface area contributed by atoms with E-state index in [-0.39, 0.29) is 0 Å². The zero-order valence-corrected chi connectivity index (χ0v) is 18.1. The molecule has 0 bridgehead atoms. The zero-order chi connectivity index (χ0) is 19.2. The molecule has 1 aromatic heterocycles. The Labute approximate surface area is 170 Å². The van der Waals surface area contributed by atoms with Crippen molar-refractivity contribution < 1.29 is 5.21 Å². The number of hydrogen-bond donors (Lipinski definition) is 1. The van der Waals surface area contributed by atoms with Crippen LogP contribution in [0.2, 0.25) is 0 Å². The highest BCUT2D eigenvalue weighted by atomic mass is 32.2. The Balaban J connectivity index is 1.39. The lowest BCUT2D eigenvalue weighted by Crippen LogP contribution is -2.47. The molecule has 1 aliphatic rings. The molecule has 3 rings (SSSR count). The smallest absolute Gasteiger partial charge is 0.0936 e. The highest BCUT2D eigenvalue weighted by Crippen LogP contribution is 2.28. The van der Waals surface area contributed by atoms with Crippen molar-refractivity contribution >= 4 is 34.5 Å². The number of nitrogens with zero attached hydrogens (tertiary/aromatic N) is 3. The first-order valence-electron chi connectivity index (χ1n) is 9.53. The molecule has 1 N–H and O–H groups in total. The number of benzene rings is 1. The minimum atomic E-state index is 0.688. The van der Waals surface area contributed by atoms with Gasteiger partial charge >= 0.3 is 0 Å². The van der Waals surface area contributed by atoms with Crippen molar-refractivity contribution in [1.29, 1.82) is 0 Å². The van der Waals surface area contributed by atoms with Gasteiger partial charge in [-0.1, -0.05) is 17.3 Å². The van der Waals surface area contributed by atoms with Crippen molar-refractivity contribution in [3.8, 4) is 0 Å². The van der Waals surface area contributed by atoms with Crippen LogP contribution in [0.3, 0.4) is 0 Å². The van der Waals surface area contributed by atoms with Crippen molar-refractivity contribution in [2.75, 3.05) is 43.4 Å². The van der Waals surface area contributed by atoms with Gasteiger partial charge in [0.2, 0.25) is 0 Å². The van der Waals surface area contributed by atoms with Crippen molar-refractivity contribution in [3.63, 3.8) is 0 Å². The maximum atomic E-state index is 8.85. The van der Waals surface area contributed by atoms with Gasteiger partial charge in [0.15, 0.2) is 0 Å². The van der Waals surface area contributed by atoms with Crippen LogP contribution in [0.25, 0.3) is 0 Å². The summed E-state index contributed by atoms with van der Waals surface area (Å²) in [6, 6.07) is 10.8. The predicted molar refractivity (Wildman–Crippen MR) is 118 cm³/mol. The molecule has 2 aromatic rings. The third-order valence-corrected chi connectivity index (χ3v) is 7.75. The molecule has 1 saturated heterocycles. The third-order valence-electron chi connectivity index (χ3n) is 5.24. The van der Waals surface area contributed by atoms with E-state index >= 15 is 0 Å². The summed E-state index contributed by atoms with van der Waals surface area (Å²) in [5.41, 5.74) is 4.89. The van der Waals surface area contributed by atoms with Crippen LogP contribution in [-0.2, 0) is 0 Å². The van der Waals surface area contributed by atoms with Gasteiger partial charge in [0.25, 0.3) is 0 Å². The molecular weight excluding hydrogens is 374 g/mol. The number of thiophene rings is 1. The molecule has 27 heavy (non-hydrogen) atoms. The van der Waals surface area contributed by atoms with Crippen molar-refractivity contribution in [3.05, 3.63) is 46.3 Å². The van der Waals surface area contributed by atoms with E-state index < -0.39 is 0 Å². The monoisotopic (exact) mass is 403 g/mol. The summed E-state index contributed by atoms with van der Waals surface area (Å²) >= 11 is 3.61. The molecule has 1 aliphatic heterocycles. The number of hydrogen-bond acceptors (Lipinski definition) is 6. The largest absolute Gasteiger partial charge is 0.411 e. The number of oxime groups is 1. The molecule has 0 unspecified atom stereocenters. The quantitative estimate of drug-likeness (QED) is 0.235. The molecular formula is C21H29N3OS2. The van der Waals surface area contributed by atoms with Gasteiger partial charge in [-0.3, -0.25) is 4.90 Å². The summed E-state index contributed by atoms with van der Waals surface area (Å²) in [5, 5.41) is 12.1.